The van der Waals surface area contributed by atoms with Crippen molar-refractivity contribution in [3.8, 4) is 5.75 Å². The fourth-order valence-corrected chi connectivity index (χ4v) is 4.40. The summed E-state index contributed by atoms with van der Waals surface area (Å²) < 4.78 is 34.7. The molecule has 2 aromatic heterocycles. The van der Waals surface area contributed by atoms with Crippen LogP contribution in [0.4, 0.5) is 14.6 Å². The molecule has 8 nitrogen and oxygen atoms in total. The van der Waals surface area contributed by atoms with Gasteiger partial charge in [0.05, 0.1) is 28.7 Å². The molecule has 2 heterocycles. The summed E-state index contributed by atoms with van der Waals surface area (Å²) in [5.74, 6) is -1.47. The second kappa shape index (κ2) is 11.4. The Morgan fingerprint density at radius 3 is 2.58 bits per heavy atom. The van der Waals surface area contributed by atoms with Crippen LogP contribution in [0.3, 0.4) is 0 Å². The summed E-state index contributed by atoms with van der Waals surface area (Å²) in [5, 5.41) is 6.15. The molecule has 40 heavy (non-hydrogen) atoms. The second-order valence-corrected chi connectivity index (χ2v) is 9.36. The minimum absolute atomic E-state index is 0.190. The fraction of sp³-hybridized carbons (Fsp3) is 0.167. The summed E-state index contributed by atoms with van der Waals surface area (Å²) in [4.78, 5) is 32.4. The van der Waals surface area contributed by atoms with Gasteiger partial charge in [0.15, 0.2) is 11.6 Å². The number of aryl methyl sites for hydroxylation is 1. The molecule has 3 aromatic carbocycles. The van der Waals surface area contributed by atoms with Crippen molar-refractivity contribution >= 4 is 22.8 Å². The number of amides is 1. The lowest BCUT2D eigenvalue weighted by Gasteiger charge is -2.22. The third-order valence-corrected chi connectivity index (χ3v) is 6.65. The maximum Gasteiger partial charge on any atom is 0.326 e. The highest BCUT2D eigenvalue weighted by molar-refractivity contribution is 5.99. The van der Waals surface area contributed by atoms with Crippen molar-refractivity contribution in [1.29, 1.82) is 0 Å². The minimum Gasteiger partial charge on any atom is -0.491 e. The molecule has 5 aromatic rings. The van der Waals surface area contributed by atoms with Crippen molar-refractivity contribution in [2.75, 3.05) is 11.9 Å². The zero-order valence-corrected chi connectivity index (χ0v) is 21.8. The molecule has 2 unspecified atom stereocenters. The molecule has 204 valence electrons. The molecule has 0 spiro atoms. The third-order valence-electron chi connectivity index (χ3n) is 6.65. The predicted octanol–water partition coefficient (Wildman–Crippen LogP) is 5.26. The summed E-state index contributed by atoms with van der Waals surface area (Å²) in [6, 6.07) is 20.8. The lowest BCUT2D eigenvalue weighted by molar-refractivity contribution is 0.0940. The average Bonchev–Trinajstić information content (AvgIpc) is 3.25. The van der Waals surface area contributed by atoms with Gasteiger partial charge in [0.1, 0.15) is 18.2 Å². The maximum absolute atomic E-state index is 13.7. The number of hydrogen-bond donors (Lipinski definition) is 3. The van der Waals surface area contributed by atoms with E-state index in [0.29, 0.717) is 22.6 Å². The van der Waals surface area contributed by atoms with Crippen LogP contribution in [0.5, 0.6) is 5.75 Å². The Balaban J connectivity index is 1.36. The maximum atomic E-state index is 13.7. The number of halogens is 2. The molecule has 0 radical (unpaired) electrons. The van der Waals surface area contributed by atoms with Gasteiger partial charge in [-0.1, -0.05) is 36.4 Å². The number of rotatable bonds is 9. The van der Waals surface area contributed by atoms with Crippen molar-refractivity contribution in [1.82, 2.24) is 19.9 Å². The van der Waals surface area contributed by atoms with Crippen molar-refractivity contribution in [2.24, 2.45) is 7.05 Å². The molecule has 1 amide bonds. The first kappa shape index (κ1) is 26.6. The number of anilines is 1. The van der Waals surface area contributed by atoms with Gasteiger partial charge in [-0.15, -0.1) is 0 Å². The number of aromatic nitrogens is 3. The zero-order valence-electron chi connectivity index (χ0n) is 21.8. The number of carbonyl (C=O) groups excluding carboxylic acids is 1. The summed E-state index contributed by atoms with van der Waals surface area (Å²) in [5.41, 5.74) is 2.82. The number of H-pyrrole nitrogens is 1. The number of carbonyl (C=O) groups is 1. The Bertz CT molecular complexity index is 1720. The van der Waals surface area contributed by atoms with Crippen LogP contribution in [0.15, 0.2) is 89.9 Å². The van der Waals surface area contributed by atoms with E-state index in [1.54, 1.807) is 44.4 Å². The van der Waals surface area contributed by atoms with Gasteiger partial charge in [0, 0.05) is 19.3 Å². The predicted molar refractivity (Wildman–Crippen MR) is 148 cm³/mol. The summed E-state index contributed by atoms with van der Waals surface area (Å²) >= 11 is 0. The van der Waals surface area contributed by atoms with Gasteiger partial charge in [-0.3, -0.25) is 9.36 Å². The molecule has 5 rings (SSSR count). The van der Waals surface area contributed by atoms with Crippen LogP contribution in [-0.4, -0.2) is 27.0 Å². The smallest absolute Gasteiger partial charge is 0.326 e. The van der Waals surface area contributed by atoms with E-state index in [1.165, 1.54) is 10.6 Å². The van der Waals surface area contributed by atoms with Crippen LogP contribution in [0.2, 0.25) is 0 Å². The third kappa shape index (κ3) is 5.70. The van der Waals surface area contributed by atoms with Crippen molar-refractivity contribution in [2.45, 2.75) is 19.0 Å². The molecule has 10 heteroatoms. The van der Waals surface area contributed by atoms with E-state index >= 15 is 0 Å². The second-order valence-electron chi connectivity index (χ2n) is 9.36. The Kier molecular flexibility index (Phi) is 7.59. The molecule has 0 bridgehead atoms. The van der Waals surface area contributed by atoms with Gasteiger partial charge in [0.2, 0.25) is 0 Å². The van der Waals surface area contributed by atoms with Crippen molar-refractivity contribution < 1.29 is 18.3 Å². The molecule has 0 aliphatic heterocycles. The Labute approximate surface area is 228 Å². The first-order valence-corrected chi connectivity index (χ1v) is 12.6. The Morgan fingerprint density at radius 2 is 1.80 bits per heavy atom. The normalized spacial score (nSPS) is 12.6. The van der Waals surface area contributed by atoms with Gasteiger partial charge >= 0.3 is 5.69 Å². The molecule has 0 aliphatic carbocycles. The van der Waals surface area contributed by atoms with E-state index in [4.69, 9.17) is 4.74 Å². The average molecular weight is 544 g/mol. The molecule has 0 saturated heterocycles. The highest BCUT2D eigenvalue weighted by atomic mass is 19.2. The largest absolute Gasteiger partial charge is 0.491 e. The number of nitrogens with one attached hydrogen (secondary N) is 3. The van der Waals surface area contributed by atoms with Crippen LogP contribution in [-0.2, 0) is 7.05 Å². The van der Waals surface area contributed by atoms with Crippen LogP contribution >= 0.6 is 0 Å². The van der Waals surface area contributed by atoms with Gasteiger partial charge < -0.3 is 20.4 Å². The van der Waals surface area contributed by atoms with Gasteiger partial charge in [-0.2, -0.15) is 0 Å². The number of aromatic amines is 1. The lowest BCUT2D eigenvalue weighted by Crippen LogP contribution is -2.29. The van der Waals surface area contributed by atoms with Crippen LogP contribution < -0.4 is 21.1 Å². The van der Waals surface area contributed by atoms with Crippen LogP contribution in [0.1, 0.15) is 40.5 Å². The summed E-state index contributed by atoms with van der Waals surface area (Å²) in [6.07, 6.45) is 1.57. The Hall–Kier alpha value is -4.99. The van der Waals surface area contributed by atoms with E-state index in [0.717, 1.165) is 23.2 Å². The molecular weight excluding hydrogens is 516 g/mol. The van der Waals surface area contributed by atoms with E-state index < -0.39 is 29.6 Å². The Morgan fingerprint density at radius 1 is 1.00 bits per heavy atom. The van der Waals surface area contributed by atoms with Crippen LogP contribution in [0, 0.1) is 11.6 Å². The molecule has 3 N–H and O–H groups in total. The number of benzene rings is 3. The number of pyridine rings is 1. The molecular formula is C30H27F2N5O3. The zero-order chi connectivity index (χ0) is 28.2. The highest BCUT2D eigenvalue weighted by Crippen LogP contribution is 2.25. The SMILES string of the molecule is CC(NC(=O)c1cccnc1NC(COc1ccc2c(c1)[nH]c(=O)n2C)c1ccccc1)c1ccc(F)c(F)c1. The van der Waals surface area contributed by atoms with Crippen LogP contribution in [0.25, 0.3) is 11.0 Å². The minimum atomic E-state index is -0.981. The first-order chi connectivity index (χ1) is 19.3. The van der Waals surface area contributed by atoms with Gasteiger partial charge in [-0.05, 0) is 54.4 Å². The quantitative estimate of drug-likeness (QED) is 0.235. The van der Waals surface area contributed by atoms with E-state index in [1.807, 2.05) is 36.4 Å². The number of nitrogens with zero attached hydrogens (tertiary/aromatic N) is 2. The topological polar surface area (TPSA) is 101 Å². The standard InChI is InChI=1S/C30H27F2N5O3/c1-18(20-10-12-23(31)24(32)15-20)34-29(38)22-9-6-14-33-28(22)35-26(19-7-4-3-5-8-19)17-40-21-11-13-27-25(16-21)36-30(39)37(27)2/h3-16,18,26H,17H2,1-2H3,(H,33,35)(H,34,38)(H,36,39). The molecule has 2 atom stereocenters. The van der Waals surface area contributed by atoms with Gasteiger partial charge in [-0.25, -0.2) is 18.6 Å². The van der Waals surface area contributed by atoms with Gasteiger partial charge in [0.25, 0.3) is 5.91 Å². The molecule has 0 fully saturated rings. The van der Waals surface area contributed by atoms with E-state index in [9.17, 15) is 18.4 Å². The first-order valence-electron chi connectivity index (χ1n) is 12.6. The summed E-state index contributed by atoms with van der Waals surface area (Å²) in [6.45, 7) is 1.88. The number of ether oxygens (including phenoxy) is 1. The van der Waals surface area contributed by atoms with Crippen molar-refractivity contribution in [3.05, 3.63) is 124 Å². The molecule has 0 aliphatic rings. The molecule has 0 saturated carbocycles. The number of fused-ring (bicyclic) bond motifs is 1. The van der Waals surface area contributed by atoms with E-state index in [-0.39, 0.29) is 17.9 Å². The van der Waals surface area contributed by atoms with E-state index in [2.05, 4.69) is 20.6 Å². The number of hydrogen-bond acceptors (Lipinski definition) is 5. The lowest BCUT2D eigenvalue weighted by atomic mass is 10.1. The van der Waals surface area contributed by atoms with Crippen molar-refractivity contribution in [3.63, 3.8) is 0 Å². The monoisotopic (exact) mass is 543 g/mol. The highest BCUT2D eigenvalue weighted by Gasteiger charge is 2.20. The number of imidazole rings is 1. The summed E-state index contributed by atoms with van der Waals surface area (Å²) in [7, 11) is 1.69. The fourth-order valence-electron chi connectivity index (χ4n) is 4.40.